The molecule has 3 aromatic rings. The Hall–Kier alpha value is -2.20. The molecule has 0 spiro atoms. The number of rotatable bonds is 5. The monoisotopic (exact) mass is 280 g/mol. The second-order valence-corrected chi connectivity index (χ2v) is 5.28. The van der Waals surface area contributed by atoms with E-state index >= 15 is 0 Å². The lowest BCUT2D eigenvalue weighted by Crippen LogP contribution is -2.27. The molecule has 21 heavy (non-hydrogen) atoms. The maximum Gasteiger partial charge on any atom is 0.111 e. The summed E-state index contributed by atoms with van der Waals surface area (Å²) in [6.45, 7) is 3.06. The number of imidazole rings is 1. The molecule has 0 aliphatic heterocycles. The molecule has 0 saturated heterocycles. The van der Waals surface area contributed by atoms with Crippen LogP contribution in [0, 0.1) is 0 Å². The second kappa shape index (κ2) is 6.06. The molecule has 1 atom stereocenters. The van der Waals surface area contributed by atoms with Crippen molar-refractivity contribution in [1.82, 2.24) is 14.5 Å². The quantitative estimate of drug-likeness (QED) is 0.781. The van der Waals surface area contributed by atoms with E-state index in [4.69, 9.17) is 10.7 Å². The molecule has 0 fully saturated rings. The maximum atomic E-state index is 6.31. The summed E-state index contributed by atoms with van der Waals surface area (Å²) in [7, 11) is 0. The highest BCUT2D eigenvalue weighted by Crippen LogP contribution is 2.17. The van der Waals surface area contributed by atoms with Gasteiger partial charge in [0.25, 0.3) is 0 Å². The van der Waals surface area contributed by atoms with E-state index in [1.165, 1.54) is 11.1 Å². The minimum absolute atomic E-state index is 0.0644. The van der Waals surface area contributed by atoms with Crippen LogP contribution in [-0.2, 0) is 19.4 Å². The maximum absolute atomic E-state index is 6.31. The van der Waals surface area contributed by atoms with E-state index in [0.29, 0.717) is 0 Å². The summed E-state index contributed by atoms with van der Waals surface area (Å²) >= 11 is 0. The predicted octanol–water partition coefficient (Wildman–Crippen LogP) is 2.56. The first-order valence-electron chi connectivity index (χ1n) is 7.36. The number of aryl methyl sites for hydroxylation is 1. The molecule has 4 heteroatoms. The lowest BCUT2D eigenvalue weighted by Gasteiger charge is -2.12. The van der Waals surface area contributed by atoms with Gasteiger partial charge in [-0.15, -0.1) is 0 Å². The minimum Gasteiger partial charge on any atom is -0.328 e. The first-order valence-corrected chi connectivity index (χ1v) is 7.36. The Morgan fingerprint density at radius 1 is 1.10 bits per heavy atom. The van der Waals surface area contributed by atoms with E-state index in [9.17, 15) is 0 Å². The number of pyridine rings is 1. The number of hydrogen-bond donors (Lipinski definition) is 1. The zero-order valence-corrected chi connectivity index (χ0v) is 12.2. The van der Waals surface area contributed by atoms with Crippen LogP contribution in [0.25, 0.3) is 11.0 Å². The zero-order valence-electron chi connectivity index (χ0n) is 12.2. The van der Waals surface area contributed by atoms with E-state index in [2.05, 4.69) is 34.7 Å². The Balaban J connectivity index is 1.81. The topological polar surface area (TPSA) is 56.7 Å². The molecule has 4 nitrogen and oxygen atoms in total. The summed E-state index contributed by atoms with van der Waals surface area (Å²) in [6.07, 6.45) is 5.24. The van der Waals surface area contributed by atoms with Gasteiger partial charge >= 0.3 is 0 Å². The third kappa shape index (κ3) is 2.95. The molecule has 3 rings (SSSR count). The molecule has 0 bridgehead atoms. The Morgan fingerprint density at radius 2 is 1.86 bits per heavy atom. The average Bonchev–Trinajstić information content (AvgIpc) is 2.85. The number of hydrogen-bond acceptors (Lipinski definition) is 3. The predicted molar refractivity (Wildman–Crippen MR) is 85.0 cm³/mol. The van der Waals surface area contributed by atoms with Crippen molar-refractivity contribution in [2.45, 2.75) is 32.4 Å². The highest BCUT2D eigenvalue weighted by molar-refractivity contribution is 5.75. The van der Waals surface area contributed by atoms with Crippen LogP contribution in [0.1, 0.15) is 18.3 Å². The first kappa shape index (κ1) is 13.8. The van der Waals surface area contributed by atoms with Gasteiger partial charge in [0.05, 0.1) is 11.0 Å². The van der Waals surface area contributed by atoms with Gasteiger partial charge in [-0.3, -0.25) is 4.98 Å². The standard InChI is InChI=1S/C17H20N4/c1-2-21-16-6-4-3-5-15(16)20-17(21)12-14(18)11-13-7-9-19-10-8-13/h3-10,14H,2,11-12,18H2,1H3. The lowest BCUT2D eigenvalue weighted by molar-refractivity contribution is 0.608. The molecular formula is C17H20N4. The van der Waals surface area contributed by atoms with Crippen molar-refractivity contribution in [3.8, 4) is 0 Å². The molecule has 0 saturated carbocycles. The third-order valence-corrected chi connectivity index (χ3v) is 3.74. The van der Waals surface area contributed by atoms with Crippen LogP contribution in [0.15, 0.2) is 48.8 Å². The van der Waals surface area contributed by atoms with E-state index < -0.39 is 0 Å². The molecule has 108 valence electrons. The van der Waals surface area contributed by atoms with Gasteiger partial charge in [0.15, 0.2) is 0 Å². The van der Waals surface area contributed by atoms with Crippen LogP contribution < -0.4 is 5.73 Å². The van der Waals surface area contributed by atoms with Crippen LogP contribution in [0.3, 0.4) is 0 Å². The normalized spacial score (nSPS) is 12.7. The largest absolute Gasteiger partial charge is 0.328 e. The summed E-state index contributed by atoms with van der Waals surface area (Å²) in [5, 5.41) is 0. The minimum atomic E-state index is 0.0644. The molecule has 2 N–H and O–H groups in total. The summed E-state index contributed by atoms with van der Waals surface area (Å²) in [5.74, 6) is 1.07. The van der Waals surface area contributed by atoms with Gasteiger partial charge in [0.2, 0.25) is 0 Å². The molecule has 0 aliphatic rings. The molecule has 2 aromatic heterocycles. The van der Waals surface area contributed by atoms with Crippen LogP contribution in [-0.4, -0.2) is 20.6 Å². The summed E-state index contributed by atoms with van der Waals surface area (Å²) < 4.78 is 2.25. The van der Waals surface area contributed by atoms with Crippen molar-refractivity contribution in [1.29, 1.82) is 0 Å². The number of para-hydroxylation sites is 2. The second-order valence-electron chi connectivity index (χ2n) is 5.28. The summed E-state index contributed by atoms with van der Waals surface area (Å²) in [4.78, 5) is 8.77. The van der Waals surface area contributed by atoms with Gasteiger partial charge in [-0.05, 0) is 43.2 Å². The number of nitrogens with zero attached hydrogens (tertiary/aromatic N) is 3. The van der Waals surface area contributed by atoms with Crippen molar-refractivity contribution in [3.63, 3.8) is 0 Å². The van der Waals surface area contributed by atoms with Gasteiger partial charge in [-0.25, -0.2) is 4.98 Å². The zero-order chi connectivity index (χ0) is 14.7. The number of aromatic nitrogens is 3. The lowest BCUT2D eigenvalue weighted by atomic mass is 10.1. The molecule has 2 heterocycles. The fraction of sp³-hybridized carbons (Fsp3) is 0.294. The van der Waals surface area contributed by atoms with Crippen LogP contribution in [0.4, 0.5) is 0 Å². The Kier molecular flexibility index (Phi) is 3.97. The summed E-state index contributed by atoms with van der Waals surface area (Å²) in [6, 6.07) is 12.3. The number of fused-ring (bicyclic) bond motifs is 1. The molecular weight excluding hydrogens is 260 g/mol. The number of benzene rings is 1. The third-order valence-electron chi connectivity index (χ3n) is 3.74. The van der Waals surface area contributed by atoms with Gasteiger partial charge < -0.3 is 10.3 Å². The fourth-order valence-corrected chi connectivity index (χ4v) is 2.76. The highest BCUT2D eigenvalue weighted by atomic mass is 15.1. The van der Waals surface area contributed by atoms with Gasteiger partial charge in [-0.2, -0.15) is 0 Å². The molecule has 1 aromatic carbocycles. The van der Waals surface area contributed by atoms with Crippen LogP contribution >= 0.6 is 0 Å². The Morgan fingerprint density at radius 3 is 2.62 bits per heavy atom. The molecule has 0 aliphatic carbocycles. The van der Waals surface area contributed by atoms with Gasteiger partial charge in [-0.1, -0.05) is 12.1 Å². The Bertz CT molecular complexity index is 718. The van der Waals surface area contributed by atoms with Crippen molar-refractivity contribution in [2.75, 3.05) is 0 Å². The SMILES string of the molecule is CCn1c(CC(N)Cc2ccncc2)nc2ccccc21. The molecule has 1 unspecified atom stereocenters. The number of nitrogens with two attached hydrogens (primary N) is 1. The molecule has 0 amide bonds. The van der Waals surface area contributed by atoms with Crippen LogP contribution in [0.5, 0.6) is 0 Å². The van der Waals surface area contributed by atoms with Crippen LogP contribution in [0.2, 0.25) is 0 Å². The van der Waals surface area contributed by atoms with Crippen molar-refractivity contribution >= 4 is 11.0 Å². The smallest absolute Gasteiger partial charge is 0.111 e. The van der Waals surface area contributed by atoms with E-state index in [1.807, 2.05) is 30.6 Å². The van der Waals surface area contributed by atoms with E-state index in [1.54, 1.807) is 0 Å². The summed E-state index contributed by atoms with van der Waals surface area (Å²) in [5.41, 5.74) is 9.76. The first-order chi connectivity index (χ1) is 10.3. The van der Waals surface area contributed by atoms with E-state index in [-0.39, 0.29) is 6.04 Å². The molecule has 0 radical (unpaired) electrons. The van der Waals surface area contributed by atoms with E-state index in [0.717, 1.165) is 30.7 Å². The highest BCUT2D eigenvalue weighted by Gasteiger charge is 2.13. The average molecular weight is 280 g/mol. The van der Waals surface area contributed by atoms with Crippen molar-refractivity contribution in [3.05, 3.63) is 60.2 Å². The Labute approximate surface area is 124 Å². The fourth-order valence-electron chi connectivity index (χ4n) is 2.76. The van der Waals surface area contributed by atoms with Gasteiger partial charge in [0.1, 0.15) is 5.82 Å². The van der Waals surface area contributed by atoms with Crippen molar-refractivity contribution in [2.24, 2.45) is 5.73 Å². The van der Waals surface area contributed by atoms with Crippen molar-refractivity contribution < 1.29 is 0 Å². The van der Waals surface area contributed by atoms with Gasteiger partial charge in [0, 0.05) is 31.4 Å².